The second kappa shape index (κ2) is 5.37. The van der Waals surface area contributed by atoms with Crippen LogP contribution in [0.2, 0.25) is 0 Å². The fraction of sp³-hybridized carbons (Fsp3) is 0. The van der Waals surface area contributed by atoms with E-state index in [1.165, 1.54) is 0 Å². The quantitative estimate of drug-likeness (QED) is 0.635. The number of anilines is 1. The van der Waals surface area contributed by atoms with Crippen molar-refractivity contribution in [2.45, 2.75) is 0 Å². The fourth-order valence-corrected chi connectivity index (χ4v) is 1.60. The van der Waals surface area contributed by atoms with Gasteiger partial charge in [0.15, 0.2) is 0 Å². The summed E-state index contributed by atoms with van der Waals surface area (Å²) in [4.78, 5) is 10.6. The van der Waals surface area contributed by atoms with Gasteiger partial charge in [-0.25, -0.2) is 0 Å². The molecule has 0 saturated heterocycles. The summed E-state index contributed by atoms with van der Waals surface area (Å²) in [6, 6.07) is 11.9. The third-order valence-electron chi connectivity index (χ3n) is 2.41. The van der Waals surface area contributed by atoms with E-state index in [0.717, 1.165) is 11.8 Å². The number of aromatic hydroxyl groups is 1. The van der Waals surface area contributed by atoms with Gasteiger partial charge in [0.1, 0.15) is 12.0 Å². The molecular weight excluding hydrogens is 238 g/mol. The Kier molecular flexibility index (Phi) is 4.12. The van der Waals surface area contributed by atoms with E-state index in [1.807, 2.05) is 6.07 Å². The minimum Gasteiger partial charge on any atom is -0.507 e. The number of halogens is 1. The summed E-state index contributed by atoms with van der Waals surface area (Å²) in [5, 5.41) is 9.69. The Balaban J connectivity index is 0.00000144. The molecule has 0 aliphatic carbocycles. The maximum absolute atomic E-state index is 10.6. The van der Waals surface area contributed by atoms with Crippen LogP contribution in [0.3, 0.4) is 0 Å². The first-order chi connectivity index (χ1) is 7.72. The zero-order chi connectivity index (χ0) is 11.5. The van der Waals surface area contributed by atoms with Gasteiger partial charge in [-0.3, -0.25) is 4.79 Å². The first-order valence-electron chi connectivity index (χ1n) is 4.85. The molecule has 88 valence electrons. The minimum atomic E-state index is 0. The van der Waals surface area contributed by atoms with E-state index in [9.17, 15) is 9.90 Å². The first kappa shape index (κ1) is 13.1. The molecule has 2 aromatic carbocycles. The van der Waals surface area contributed by atoms with E-state index in [0.29, 0.717) is 16.8 Å². The molecular formula is C13H12ClNO2. The summed E-state index contributed by atoms with van der Waals surface area (Å²) < 4.78 is 0. The molecule has 0 aliphatic heterocycles. The van der Waals surface area contributed by atoms with Crippen molar-refractivity contribution in [2.75, 3.05) is 5.73 Å². The number of nitrogens with two attached hydrogens (primary N) is 1. The van der Waals surface area contributed by atoms with E-state index in [-0.39, 0.29) is 18.2 Å². The van der Waals surface area contributed by atoms with E-state index >= 15 is 0 Å². The molecule has 0 spiro atoms. The topological polar surface area (TPSA) is 63.3 Å². The number of phenolic OH excluding ortho intramolecular Hbond substituents is 1. The van der Waals surface area contributed by atoms with Crippen molar-refractivity contribution in [3.63, 3.8) is 0 Å². The monoisotopic (exact) mass is 249 g/mol. The normalized spacial score (nSPS) is 9.41. The van der Waals surface area contributed by atoms with Crippen molar-refractivity contribution in [3.05, 3.63) is 48.0 Å². The molecule has 0 unspecified atom stereocenters. The lowest BCUT2D eigenvalue weighted by atomic mass is 10.0. The first-order valence-corrected chi connectivity index (χ1v) is 4.85. The number of hydrogen-bond donors (Lipinski definition) is 2. The Morgan fingerprint density at radius 3 is 2.35 bits per heavy atom. The van der Waals surface area contributed by atoms with Gasteiger partial charge in [0, 0.05) is 22.4 Å². The Morgan fingerprint density at radius 2 is 1.76 bits per heavy atom. The van der Waals surface area contributed by atoms with Gasteiger partial charge in [-0.15, -0.1) is 12.4 Å². The maximum atomic E-state index is 10.6. The maximum Gasteiger partial charge on any atom is 0.150 e. The van der Waals surface area contributed by atoms with Crippen LogP contribution in [-0.4, -0.2) is 11.4 Å². The Morgan fingerprint density at radius 1 is 1.06 bits per heavy atom. The molecule has 0 amide bonds. The zero-order valence-electron chi connectivity index (χ0n) is 8.96. The SMILES string of the molecule is Cl.Nc1cc(C=O)ccc1-c1ccccc1O. The van der Waals surface area contributed by atoms with Gasteiger partial charge in [0.25, 0.3) is 0 Å². The van der Waals surface area contributed by atoms with Gasteiger partial charge < -0.3 is 10.8 Å². The predicted molar refractivity (Wildman–Crippen MR) is 70.6 cm³/mol. The van der Waals surface area contributed by atoms with Crippen LogP contribution >= 0.6 is 12.4 Å². The molecule has 0 heterocycles. The third-order valence-corrected chi connectivity index (χ3v) is 2.41. The van der Waals surface area contributed by atoms with Crippen molar-refractivity contribution in [3.8, 4) is 16.9 Å². The van der Waals surface area contributed by atoms with E-state index in [2.05, 4.69) is 0 Å². The lowest BCUT2D eigenvalue weighted by Gasteiger charge is -2.08. The van der Waals surface area contributed by atoms with Gasteiger partial charge in [0.05, 0.1) is 0 Å². The highest BCUT2D eigenvalue weighted by Crippen LogP contribution is 2.32. The van der Waals surface area contributed by atoms with Gasteiger partial charge >= 0.3 is 0 Å². The minimum absolute atomic E-state index is 0. The zero-order valence-corrected chi connectivity index (χ0v) is 9.78. The van der Waals surface area contributed by atoms with Crippen molar-refractivity contribution in [2.24, 2.45) is 0 Å². The molecule has 0 atom stereocenters. The standard InChI is InChI=1S/C13H11NO2.ClH/c14-12-7-9(8-15)5-6-10(12)11-3-1-2-4-13(11)16;/h1-8,16H,14H2;1H. The van der Waals surface area contributed by atoms with Gasteiger partial charge in [0.2, 0.25) is 0 Å². The van der Waals surface area contributed by atoms with E-state index in [4.69, 9.17) is 5.73 Å². The van der Waals surface area contributed by atoms with Crippen LogP contribution in [0.4, 0.5) is 5.69 Å². The van der Waals surface area contributed by atoms with Crippen molar-refractivity contribution in [1.82, 2.24) is 0 Å². The summed E-state index contributed by atoms with van der Waals surface area (Å²) in [7, 11) is 0. The molecule has 0 bridgehead atoms. The lowest BCUT2D eigenvalue weighted by Crippen LogP contribution is -1.92. The molecule has 4 heteroatoms. The number of aldehydes is 1. The van der Waals surface area contributed by atoms with Crippen LogP contribution in [0.25, 0.3) is 11.1 Å². The van der Waals surface area contributed by atoms with Crippen molar-refractivity contribution in [1.29, 1.82) is 0 Å². The third kappa shape index (κ3) is 2.57. The summed E-state index contributed by atoms with van der Waals surface area (Å²) in [5.74, 6) is 0.174. The number of carbonyl (C=O) groups excluding carboxylic acids is 1. The van der Waals surface area contributed by atoms with Gasteiger partial charge in [-0.05, 0) is 12.1 Å². The second-order valence-electron chi connectivity index (χ2n) is 3.48. The predicted octanol–water partition coefficient (Wildman–Crippen LogP) is 2.88. The highest BCUT2D eigenvalue weighted by Gasteiger charge is 2.07. The summed E-state index contributed by atoms with van der Waals surface area (Å²) in [6.45, 7) is 0. The van der Waals surface area contributed by atoms with Crippen LogP contribution in [0.15, 0.2) is 42.5 Å². The highest BCUT2D eigenvalue weighted by molar-refractivity contribution is 5.86. The second-order valence-corrected chi connectivity index (χ2v) is 3.48. The molecule has 3 N–H and O–H groups in total. The van der Waals surface area contributed by atoms with Crippen LogP contribution in [0.1, 0.15) is 10.4 Å². The molecule has 2 aromatic rings. The van der Waals surface area contributed by atoms with Crippen LogP contribution < -0.4 is 5.73 Å². The van der Waals surface area contributed by atoms with E-state index in [1.54, 1.807) is 36.4 Å². The molecule has 0 fully saturated rings. The van der Waals surface area contributed by atoms with Gasteiger partial charge in [-0.1, -0.05) is 30.3 Å². The molecule has 17 heavy (non-hydrogen) atoms. The van der Waals surface area contributed by atoms with Crippen LogP contribution in [0.5, 0.6) is 5.75 Å². The number of phenols is 1. The molecule has 3 nitrogen and oxygen atoms in total. The number of carbonyl (C=O) groups is 1. The molecule has 0 saturated carbocycles. The Hall–Kier alpha value is -2.00. The lowest BCUT2D eigenvalue weighted by molar-refractivity contribution is 0.112. The van der Waals surface area contributed by atoms with Gasteiger partial charge in [-0.2, -0.15) is 0 Å². The smallest absolute Gasteiger partial charge is 0.150 e. The number of para-hydroxylation sites is 1. The highest BCUT2D eigenvalue weighted by atomic mass is 35.5. The van der Waals surface area contributed by atoms with E-state index < -0.39 is 0 Å². The average Bonchev–Trinajstić information content (AvgIpc) is 2.30. The number of nitrogen functional groups attached to an aromatic ring is 1. The summed E-state index contributed by atoms with van der Waals surface area (Å²) >= 11 is 0. The molecule has 0 aromatic heterocycles. The fourth-order valence-electron chi connectivity index (χ4n) is 1.60. The molecule has 0 aliphatic rings. The van der Waals surface area contributed by atoms with Crippen LogP contribution in [-0.2, 0) is 0 Å². The summed E-state index contributed by atoms with van der Waals surface area (Å²) in [6.07, 6.45) is 0.741. The largest absolute Gasteiger partial charge is 0.507 e. The van der Waals surface area contributed by atoms with Crippen LogP contribution in [0, 0.1) is 0 Å². The number of rotatable bonds is 2. The van der Waals surface area contributed by atoms with Crippen molar-refractivity contribution >= 4 is 24.4 Å². The Labute approximate surface area is 105 Å². The molecule has 0 radical (unpaired) electrons. The molecule has 2 rings (SSSR count). The summed E-state index contributed by atoms with van der Waals surface area (Å²) in [5.41, 5.74) is 8.22. The average molecular weight is 250 g/mol. The Bertz CT molecular complexity index is 541. The number of benzene rings is 2. The number of hydrogen-bond acceptors (Lipinski definition) is 3. The van der Waals surface area contributed by atoms with Crippen molar-refractivity contribution < 1.29 is 9.90 Å².